The van der Waals surface area contributed by atoms with Crippen LogP contribution in [0.4, 0.5) is 11.4 Å². The maximum absolute atomic E-state index is 12.4. The van der Waals surface area contributed by atoms with Crippen LogP contribution in [0.25, 0.3) is 0 Å². The minimum absolute atomic E-state index is 0.0922. The first kappa shape index (κ1) is 17.2. The number of hydrogen-bond donors (Lipinski definition) is 1. The second-order valence-electron chi connectivity index (χ2n) is 5.01. The highest BCUT2D eigenvalue weighted by Crippen LogP contribution is 2.28. The third-order valence-electron chi connectivity index (χ3n) is 3.40. The summed E-state index contributed by atoms with van der Waals surface area (Å²) >= 11 is 11.9. The summed E-state index contributed by atoms with van der Waals surface area (Å²) in [6.07, 6.45) is 0. The standard InChI is InChI=1S/C14H14Cl2N4O3/c1-7-13(20(22)23)8(2)19(18-7)9(3)14(21)17-12-6-10(15)4-5-11(12)16/h4-6,9H,1-3H3,(H,17,21)/t9-/m0/s1. The molecule has 0 aliphatic heterocycles. The number of benzene rings is 1. The summed E-state index contributed by atoms with van der Waals surface area (Å²) in [4.78, 5) is 22.9. The number of carbonyl (C=O) groups is 1. The Morgan fingerprint density at radius 2 is 2.04 bits per heavy atom. The van der Waals surface area contributed by atoms with E-state index in [2.05, 4.69) is 10.4 Å². The van der Waals surface area contributed by atoms with E-state index in [4.69, 9.17) is 23.2 Å². The molecule has 1 N–H and O–H groups in total. The van der Waals surface area contributed by atoms with Crippen LogP contribution < -0.4 is 5.32 Å². The lowest BCUT2D eigenvalue weighted by molar-refractivity contribution is -0.386. The molecule has 122 valence electrons. The van der Waals surface area contributed by atoms with Crippen molar-refractivity contribution < 1.29 is 9.72 Å². The predicted octanol–water partition coefficient (Wildman–Crippen LogP) is 3.91. The minimum Gasteiger partial charge on any atom is -0.323 e. The molecule has 1 aromatic heterocycles. The monoisotopic (exact) mass is 356 g/mol. The van der Waals surface area contributed by atoms with Crippen molar-refractivity contribution in [3.63, 3.8) is 0 Å². The fourth-order valence-electron chi connectivity index (χ4n) is 2.24. The van der Waals surface area contributed by atoms with Gasteiger partial charge >= 0.3 is 5.69 Å². The van der Waals surface area contributed by atoms with Crippen LogP contribution in [0.15, 0.2) is 18.2 Å². The van der Waals surface area contributed by atoms with Gasteiger partial charge in [0.1, 0.15) is 17.4 Å². The summed E-state index contributed by atoms with van der Waals surface area (Å²) < 4.78 is 1.32. The summed E-state index contributed by atoms with van der Waals surface area (Å²) in [5.74, 6) is -0.408. The normalized spacial score (nSPS) is 12.0. The molecule has 7 nitrogen and oxygen atoms in total. The molecule has 1 amide bonds. The number of nitrogens with one attached hydrogen (secondary N) is 1. The van der Waals surface area contributed by atoms with Crippen molar-refractivity contribution in [1.29, 1.82) is 0 Å². The van der Waals surface area contributed by atoms with Gasteiger partial charge in [0.2, 0.25) is 5.91 Å². The Morgan fingerprint density at radius 3 is 2.61 bits per heavy atom. The first-order valence-corrected chi connectivity index (χ1v) is 7.44. The number of nitro groups is 1. The molecule has 0 aliphatic rings. The number of aryl methyl sites for hydroxylation is 1. The number of rotatable bonds is 4. The van der Waals surface area contributed by atoms with Crippen molar-refractivity contribution >= 4 is 40.5 Å². The van der Waals surface area contributed by atoms with Crippen molar-refractivity contribution in [2.24, 2.45) is 0 Å². The molecular weight excluding hydrogens is 343 g/mol. The van der Waals surface area contributed by atoms with E-state index in [1.165, 1.54) is 17.7 Å². The van der Waals surface area contributed by atoms with Crippen LogP contribution in [0.1, 0.15) is 24.4 Å². The molecule has 9 heteroatoms. The van der Waals surface area contributed by atoms with E-state index in [1.807, 2.05) is 0 Å². The number of carbonyl (C=O) groups excluding carboxylic acids is 1. The second kappa shape index (κ2) is 6.55. The van der Waals surface area contributed by atoms with Crippen molar-refractivity contribution in [1.82, 2.24) is 9.78 Å². The molecule has 0 saturated heterocycles. The molecular formula is C14H14Cl2N4O3. The lowest BCUT2D eigenvalue weighted by Gasteiger charge is -2.15. The Hall–Kier alpha value is -2.12. The molecule has 0 bridgehead atoms. The van der Waals surface area contributed by atoms with Crippen molar-refractivity contribution in [2.45, 2.75) is 26.8 Å². The zero-order valence-corrected chi connectivity index (χ0v) is 14.1. The number of amides is 1. The Bertz CT molecular complexity index is 789. The van der Waals surface area contributed by atoms with E-state index in [1.54, 1.807) is 26.0 Å². The van der Waals surface area contributed by atoms with Gasteiger partial charge in [-0.3, -0.25) is 19.6 Å². The molecule has 2 aromatic rings. The van der Waals surface area contributed by atoms with Gasteiger partial charge in [0.25, 0.3) is 0 Å². The Labute approximate surface area is 142 Å². The van der Waals surface area contributed by atoms with Gasteiger partial charge in [0, 0.05) is 5.02 Å². The fourth-order valence-corrected chi connectivity index (χ4v) is 2.57. The predicted molar refractivity (Wildman–Crippen MR) is 88.2 cm³/mol. The highest BCUT2D eigenvalue weighted by atomic mass is 35.5. The quantitative estimate of drug-likeness (QED) is 0.663. The SMILES string of the molecule is Cc1nn([C@@H](C)C(=O)Nc2cc(Cl)ccc2Cl)c(C)c1[N+](=O)[O-]. The Kier molecular flexibility index (Phi) is 4.91. The summed E-state index contributed by atoms with van der Waals surface area (Å²) in [6, 6.07) is 3.95. The number of nitrogens with zero attached hydrogens (tertiary/aromatic N) is 3. The van der Waals surface area contributed by atoms with Gasteiger partial charge in [-0.1, -0.05) is 23.2 Å². The zero-order valence-electron chi connectivity index (χ0n) is 12.6. The van der Waals surface area contributed by atoms with E-state index in [-0.39, 0.29) is 11.4 Å². The molecule has 0 unspecified atom stereocenters. The maximum atomic E-state index is 12.4. The zero-order chi connectivity index (χ0) is 17.3. The summed E-state index contributed by atoms with van der Waals surface area (Å²) in [5.41, 5.74) is 0.845. The third kappa shape index (κ3) is 3.46. The molecule has 1 heterocycles. The van der Waals surface area contributed by atoms with Gasteiger partial charge in [-0.15, -0.1) is 0 Å². The number of anilines is 1. The van der Waals surface area contributed by atoms with E-state index in [0.29, 0.717) is 21.4 Å². The van der Waals surface area contributed by atoms with Crippen LogP contribution in [0.2, 0.25) is 10.0 Å². The Balaban J connectivity index is 2.28. The van der Waals surface area contributed by atoms with Gasteiger partial charge < -0.3 is 5.32 Å². The minimum atomic E-state index is -0.752. The first-order chi connectivity index (χ1) is 10.7. The van der Waals surface area contributed by atoms with Crippen LogP contribution in [0, 0.1) is 24.0 Å². The number of hydrogen-bond acceptors (Lipinski definition) is 4. The molecule has 1 aromatic carbocycles. The Morgan fingerprint density at radius 1 is 1.39 bits per heavy atom. The van der Waals surface area contributed by atoms with Crippen LogP contribution in [-0.4, -0.2) is 20.6 Å². The summed E-state index contributed by atoms with van der Waals surface area (Å²) in [6.45, 7) is 4.67. The highest BCUT2D eigenvalue weighted by Gasteiger charge is 2.27. The molecule has 23 heavy (non-hydrogen) atoms. The van der Waals surface area contributed by atoms with Crippen LogP contribution in [0.5, 0.6) is 0 Å². The van der Waals surface area contributed by atoms with Gasteiger partial charge in [0.05, 0.1) is 15.6 Å². The van der Waals surface area contributed by atoms with E-state index in [0.717, 1.165) is 0 Å². The average molecular weight is 357 g/mol. The average Bonchev–Trinajstić information content (AvgIpc) is 2.77. The summed E-state index contributed by atoms with van der Waals surface area (Å²) in [5, 5.41) is 18.6. The third-order valence-corrected chi connectivity index (χ3v) is 3.97. The highest BCUT2D eigenvalue weighted by molar-refractivity contribution is 6.35. The van der Waals surface area contributed by atoms with Gasteiger partial charge in [-0.05, 0) is 39.0 Å². The van der Waals surface area contributed by atoms with Gasteiger partial charge in [-0.25, -0.2) is 0 Å². The largest absolute Gasteiger partial charge is 0.323 e. The van der Waals surface area contributed by atoms with Crippen LogP contribution in [-0.2, 0) is 4.79 Å². The van der Waals surface area contributed by atoms with Crippen molar-refractivity contribution in [2.75, 3.05) is 5.32 Å². The molecule has 0 radical (unpaired) electrons. The lowest BCUT2D eigenvalue weighted by atomic mass is 10.2. The number of aromatic nitrogens is 2. The summed E-state index contributed by atoms with van der Waals surface area (Å²) in [7, 11) is 0. The lowest BCUT2D eigenvalue weighted by Crippen LogP contribution is -2.25. The first-order valence-electron chi connectivity index (χ1n) is 6.68. The fraction of sp³-hybridized carbons (Fsp3) is 0.286. The molecule has 0 fully saturated rings. The van der Waals surface area contributed by atoms with E-state index >= 15 is 0 Å². The molecule has 2 rings (SSSR count). The molecule has 0 aliphatic carbocycles. The van der Waals surface area contributed by atoms with E-state index in [9.17, 15) is 14.9 Å². The topological polar surface area (TPSA) is 90.1 Å². The maximum Gasteiger partial charge on any atom is 0.312 e. The van der Waals surface area contributed by atoms with E-state index < -0.39 is 16.9 Å². The van der Waals surface area contributed by atoms with Crippen molar-refractivity contribution in [3.05, 3.63) is 49.7 Å². The van der Waals surface area contributed by atoms with Gasteiger partial charge in [0.15, 0.2) is 0 Å². The molecule has 0 spiro atoms. The smallest absolute Gasteiger partial charge is 0.312 e. The molecule has 1 atom stereocenters. The van der Waals surface area contributed by atoms with Crippen LogP contribution >= 0.6 is 23.2 Å². The van der Waals surface area contributed by atoms with Crippen molar-refractivity contribution in [3.8, 4) is 0 Å². The molecule has 0 saturated carbocycles. The van der Waals surface area contributed by atoms with Crippen LogP contribution in [0.3, 0.4) is 0 Å². The second-order valence-corrected chi connectivity index (χ2v) is 5.85. The van der Waals surface area contributed by atoms with Gasteiger partial charge in [-0.2, -0.15) is 5.10 Å². The number of halogens is 2.